The quantitative estimate of drug-likeness (QED) is 0.326. The Bertz CT molecular complexity index is 655. The lowest BCUT2D eigenvalue weighted by atomic mass is 10.2. The highest BCUT2D eigenvalue weighted by molar-refractivity contribution is 9.10. The van der Waals surface area contributed by atoms with Crippen molar-refractivity contribution in [1.82, 2.24) is 5.43 Å². The molecule has 0 saturated carbocycles. The molecule has 1 rings (SSSR count). The smallest absolute Gasteiger partial charge is 0.462 e. The highest BCUT2D eigenvalue weighted by atomic mass is 79.9. The Kier molecular flexibility index (Phi) is 6.04. The van der Waals surface area contributed by atoms with Gasteiger partial charge in [0.1, 0.15) is 11.8 Å². The molecule has 0 unspecified atom stereocenters. The van der Waals surface area contributed by atoms with Gasteiger partial charge in [0.2, 0.25) is 0 Å². The number of nitrogens with one attached hydrogen (secondary N) is 1. The molecule has 4 nitrogen and oxygen atoms in total. The number of rotatable bonds is 6. The van der Waals surface area contributed by atoms with Crippen LogP contribution in [0.3, 0.4) is 0 Å². The Balaban J connectivity index is 2.84. The summed E-state index contributed by atoms with van der Waals surface area (Å²) in [6.07, 6.45) is -5.83. The zero-order chi connectivity index (χ0) is 18.6. The van der Waals surface area contributed by atoms with Crippen LogP contribution in [0.5, 0.6) is 5.75 Å². The summed E-state index contributed by atoms with van der Waals surface area (Å²) in [6.45, 7) is -0.258. The second kappa shape index (κ2) is 7.25. The van der Waals surface area contributed by atoms with E-state index in [2.05, 4.69) is 21.0 Å². The first-order chi connectivity index (χ1) is 10.9. The molecule has 0 fully saturated rings. The molecule has 0 atom stereocenters. The van der Waals surface area contributed by atoms with Crippen LogP contribution in [0.1, 0.15) is 5.56 Å². The van der Waals surface area contributed by atoms with Gasteiger partial charge < -0.3 is 4.74 Å². The molecule has 0 spiro atoms. The van der Waals surface area contributed by atoms with E-state index in [0.29, 0.717) is 11.6 Å². The van der Waals surface area contributed by atoms with Gasteiger partial charge in [0.25, 0.3) is 0 Å². The van der Waals surface area contributed by atoms with E-state index in [4.69, 9.17) is 10.00 Å². The predicted octanol–water partition coefficient (Wildman–Crippen LogP) is 4.07. The van der Waals surface area contributed by atoms with Crippen molar-refractivity contribution in [2.75, 3.05) is 6.61 Å². The van der Waals surface area contributed by atoms with Crippen molar-refractivity contribution in [1.29, 1.82) is 5.26 Å². The first kappa shape index (κ1) is 20.0. The monoisotopic (exact) mass is 421 g/mol. The molecule has 0 heterocycles. The third-order valence-corrected chi connectivity index (χ3v) is 3.04. The number of nitrogens with zero attached hydrogens (tertiary/aromatic N) is 2. The molecule has 1 N–H and O–H groups in total. The Hall–Kier alpha value is -2.03. The zero-order valence-corrected chi connectivity index (χ0v) is 12.9. The minimum atomic E-state index is -6.44. The standard InChI is InChI=1S/C12H7BrF7N3O/c13-8-5-7(1-2-9(8)24-4-3-21)6-22-23-12(19,20)10(14,15)11(16,17)18/h1-2,5-6,23H,4H2/b22-6+. The average Bonchev–Trinajstić information content (AvgIpc) is 2.45. The molecule has 0 bridgehead atoms. The van der Waals surface area contributed by atoms with Gasteiger partial charge in [-0.25, -0.2) is 5.43 Å². The summed E-state index contributed by atoms with van der Waals surface area (Å²) in [5.41, 5.74) is 0.587. The molecule has 0 amide bonds. The lowest BCUT2D eigenvalue weighted by molar-refractivity contribution is -0.361. The highest BCUT2D eigenvalue weighted by Crippen LogP contribution is 2.44. The predicted molar refractivity (Wildman–Crippen MR) is 71.9 cm³/mol. The van der Waals surface area contributed by atoms with Crippen LogP contribution in [0.15, 0.2) is 27.8 Å². The number of halogens is 8. The van der Waals surface area contributed by atoms with Crippen molar-refractivity contribution in [3.63, 3.8) is 0 Å². The molecular weight excluding hydrogens is 415 g/mol. The maximum Gasteiger partial charge on any atom is 0.462 e. The van der Waals surface area contributed by atoms with Crippen molar-refractivity contribution in [2.45, 2.75) is 18.1 Å². The van der Waals surface area contributed by atoms with Gasteiger partial charge in [-0.05, 0) is 39.7 Å². The van der Waals surface area contributed by atoms with Gasteiger partial charge in [-0.3, -0.25) is 0 Å². The fourth-order valence-electron chi connectivity index (χ4n) is 1.26. The largest absolute Gasteiger partial charge is 0.478 e. The van der Waals surface area contributed by atoms with Gasteiger partial charge >= 0.3 is 18.1 Å². The SMILES string of the molecule is N#CCOc1ccc(/C=N/NC(F)(F)C(F)(F)C(F)(F)F)cc1Br. The van der Waals surface area contributed by atoms with E-state index in [-0.39, 0.29) is 22.4 Å². The van der Waals surface area contributed by atoms with Crippen molar-refractivity contribution in [3.05, 3.63) is 28.2 Å². The second-order valence-electron chi connectivity index (χ2n) is 4.15. The van der Waals surface area contributed by atoms with Gasteiger partial charge in [-0.1, -0.05) is 0 Å². The molecule has 0 aromatic heterocycles. The van der Waals surface area contributed by atoms with Crippen LogP contribution in [-0.2, 0) is 0 Å². The summed E-state index contributed by atoms with van der Waals surface area (Å²) in [4.78, 5) is 0. The molecule has 0 radical (unpaired) electrons. The summed E-state index contributed by atoms with van der Waals surface area (Å²) in [5, 5.41) is 11.1. The second-order valence-corrected chi connectivity index (χ2v) is 5.01. The molecule has 1 aromatic carbocycles. The Morgan fingerprint density at radius 2 is 1.83 bits per heavy atom. The van der Waals surface area contributed by atoms with Crippen molar-refractivity contribution < 1.29 is 35.5 Å². The third kappa shape index (κ3) is 4.50. The third-order valence-electron chi connectivity index (χ3n) is 2.42. The zero-order valence-electron chi connectivity index (χ0n) is 11.3. The molecule has 0 aliphatic heterocycles. The van der Waals surface area contributed by atoms with Gasteiger partial charge in [-0.2, -0.15) is 41.1 Å². The van der Waals surface area contributed by atoms with E-state index in [1.54, 1.807) is 6.07 Å². The van der Waals surface area contributed by atoms with Crippen LogP contribution in [-0.4, -0.2) is 31.0 Å². The van der Waals surface area contributed by atoms with Crippen LogP contribution in [0.25, 0.3) is 0 Å². The van der Waals surface area contributed by atoms with Gasteiger partial charge in [-0.15, -0.1) is 0 Å². The van der Waals surface area contributed by atoms with E-state index in [1.807, 2.05) is 0 Å². The minimum absolute atomic E-state index is 0.0878. The lowest BCUT2D eigenvalue weighted by Gasteiger charge is -2.27. The fraction of sp³-hybridized carbons (Fsp3) is 0.333. The number of nitriles is 1. The van der Waals surface area contributed by atoms with Crippen LogP contribution in [0.4, 0.5) is 30.7 Å². The summed E-state index contributed by atoms with van der Waals surface area (Å²) in [5.74, 6) is -6.07. The van der Waals surface area contributed by atoms with Crippen LogP contribution in [0, 0.1) is 11.3 Å². The minimum Gasteiger partial charge on any atom is -0.478 e. The fourth-order valence-corrected chi connectivity index (χ4v) is 1.77. The average molecular weight is 422 g/mol. The van der Waals surface area contributed by atoms with E-state index >= 15 is 0 Å². The maximum atomic E-state index is 12.9. The summed E-state index contributed by atoms with van der Waals surface area (Å²) < 4.78 is 92.1. The molecule has 0 aliphatic rings. The van der Waals surface area contributed by atoms with Crippen LogP contribution >= 0.6 is 15.9 Å². The molecule has 12 heteroatoms. The number of ether oxygens (including phenoxy) is 1. The highest BCUT2D eigenvalue weighted by Gasteiger charge is 2.73. The first-order valence-corrected chi connectivity index (χ1v) is 6.63. The van der Waals surface area contributed by atoms with Crippen molar-refractivity contribution >= 4 is 22.1 Å². The van der Waals surface area contributed by atoms with Crippen molar-refractivity contribution in [2.24, 2.45) is 5.10 Å². The number of hydrazone groups is 1. The Labute approximate surface area is 139 Å². The first-order valence-electron chi connectivity index (χ1n) is 5.84. The number of hydrogen-bond acceptors (Lipinski definition) is 4. The lowest BCUT2D eigenvalue weighted by Crippen LogP contribution is -2.58. The molecular formula is C12H7BrF7N3O. The number of benzene rings is 1. The van der Waals surface area contributed by atoms with E-state index in [1.165, 1.54) is 18.2 Å². The summed E-state index contributed by atoms with van der Waals surface area (Å²) in [6, 6.07) is -0.0953. The maximum absolute atomic E-state index is 12.9. The molecule has 24 heavy (non-hydrogen) atoms. The number of alkyl halides is 7. The van der Waals surface area contributed by atoms with Gasteiger partial charge in [0, 0.05) is 0 Å². The molecule has 0 saturated heterocycles. The van der Waals surface area contributed by atoms with Gasteiger partial charge in [0.15, 0.2) is 6.61 Å². The van der Waals surface area contributed by atoms with E-state index in [0.717, 1.165) is 0 Å². The normalized spacial score (nSPS) is 13.0. The number of hydrogen-bond donors (Lipinski definition) is 1. The molecule has 1 aromatic rings. The summed E-state index contributed by atoms with van der Waals surface area (Å²) in [7, 11) is 0. The van der Waals surface area contributed by atoms with E-state index < -0.39 is 18.1 Å². The molecule has 132 valence electrons. The Morgan fingerprint density at radius 1 is 1.21 bits per heavy atom. The topological polar surface area (TPSA) is 57.4 Å². The van der Waals surface area contributed by atoms with Crippen LogP contribution < -0.4 is 10.2 Å². The Morgan fingerprint density at radius 3 is 2.33 bits per heavy atom. The van der Waals surface area contributed by atoms with Crippen LogP contribution in [0.2, 0.25) is 0 Å². The molecule has 0 aliphatic carbocycles. The summed E-state index contributed by atoms with van der Waals surface area (Å²) >= 11 is 3.03. The van der Waals surface area contributed by atoms with Gasteiger partial charge in [0.05, 0.1) is 10.7 Å². The van der Waals surface area contributed by atoms with E-state index in [9.17, 15) is 30.7 Å². The van der Waals surface area contributed by atoms with Crippen molar-refractivity contribution in [3.8, 4) is 11.8 Å².